The Labute approximate surface area is 230 Å². The van der Waals surface area contributed by atoms with Crippen molar-refractivity contribution in [2.45, 2.75) is 97.6 Å². The highest BCUT2D eigenvalue weighted by molar-refractivity contribution is 7.90. The van der Waals surface area contributed by atoms with Crippen LogP contribution in [0.3, 0.4) is 0 Å². The molecule has 10 nitrogen and oxygen atoms in total. The zero-order valence-corrected chi connectivity index (χ0v) is 24.7. The first-order chi connectivity index (χ1) is 17.9. The fraction of sp³-hybridized carbons (Fsp3) is 0.852. The van der Waals surface area contributed by atoms with Crippen LogP contribution in [-0.4, -0.2) is 72.4 Å². The Morgan fingerprint density at radius 3 is 1.33 bits per heavy atom. The molecule has 0 N–H and O–H groups in total. The normalized spacial score (nSPS) is 41.0. The van der Waals surface area contributed by atoms with Crippen molar-refractivity contribution in [3.8, 4) is 0 Å². The van der Waals surface area contributed by atoms with Gasteiger partial charge < -0.3 is 0 Å². The Kier molecular flexibility index (Phi) is 5.56. The van der Waals surface area contributed by atoms with E-state index in [9.17, 15) is 36.0 Å². The SMILES string of the molecule is CC1(C)[C@@H]2CC[C@]13CS(=O)(=O)N(C(=O)CC(=O)CC(=O)CC(=O)N1[C@@H]4C[C@H]5CC[C@]4(CS1(=O)=O)C5(C)C)[C@@H]3C2. The van der Waals surface area contributed by atoms with Gasteiger partial charge in [0.25, 0.3) is 0 Å². The minimum Gasteiger partial charge on any atom is -0.299 e. The zero-order valence-electron chi connectivity index (χ0n) is 23.1. The molecule has 2 aliphatic heterocycles. The quantitative estimate of drug-likeness (QED) is 0.433. The van der Waals surface area contributed by atoms with Gasteiger partial charge in [-0.25, -0.2) is 25.4 Å². The van der Waals surface area contributed by atoms with E-state index in [0.29, 0.717) is 24.7 Å². The third-order valence-corrected chi connectivity index (χ3v) is 16.3. The van der Waals surface area contributed by atoms with Gasteiger partial charge in [-0.05, 0) is 61.2 Å². The second kappa shape index (κ2) is 7.92. The summed E-state index contributed by atoms with van der Waals surface area (Å²) in [4.78, 5) is 51.6. The summed E-state index contributed by atoms with van der Waals surface area (Å²) in [6, 6.07) is -0.931. The molecule has 2 spiro atoms. The molecule has 12 heteroatoms. The van der Waals surface area contributed by atoms with Gasteiger partial charge in [-0.1, -0.05) is 27.7 Å². The van der Waals surface area contributed by atoms with E-state index in [1.165, 1.54) is 0 Å². The number of carbonyl (C=O) groups excluding carboxylic acids is 4. The zero-order chi connectivity index (χ0) is 28.6. The van der Waals surface area contributed by atoms with Crippen molar-refractivity contribution in [1.82, 2.24) is 8.61 Å². The third-order valence-electron chi connectivity index (χ3n) is 12.4. The molecule has 6 atom stereocenters. The summed E-state index contributed by atoms with van der Waals surface area (Å²) in [6.45, 7) is 8.26. The molecule has 0 aromatic heterocycles. The number of ketones is 2. The average molecular weight is 583 g/mol. The summed E-state index contributed by atoms with van der Waals surface area (Å²) in [6.07, 6.45) is 2.30. The maximum atomic E-state index is 13.1. The number of nitrogens with zero attached hydrogens (tertiary/aromatic N) is 2. The van der Waals surface area contributed by atoms with Gasteiger partial charge in [0.05, 0.1) is 42.9 Å². The van der Waals surface area contributed by atoms with Gasteiger partial charge in [-0.15, -0.1) is 0 Å². The Hall–Kier alpha value is -1.82. The van der Waals surface area contributed by atoms with Crippen LogP contribution in [0, 0.1) is 33.5 Å². The van der Waals surface area contributed by atoms with Crippen LogP contribution in [0.4, 0.5) is 0 Å². The summed E-state index contributed by atoms with van der Waals surface area (Å²) in [5, 5.41) is 0. The smallest absolute Gasteiger partial charge is 0.243 e. The molecular weight excluding hydrogens is 544 g/mol. The van der Waals surface area contributed by atoms with E-state index in [0.717, 1.165) is 34.3 Å². The number of carbonyl (C=O) groups is 4. The van der Waals surface area contributed by atoms with Crippen molar-refractivity contribution in [2.24, 2.45) is 33.5 Å². The van der Waals surface area contributed by atoms with Gasteiger partial charge >= 0.3 is 0 Å². The molecule has 4 aliphatic carbocycles. The molecule has 0 aromatic rings. The first-order valence-electron chi connectivity index (χ1n) is 14.0. The molecule has 2 saturated heterocycles. The summed E-state index contributed by atoms with van der Waals surface area (Å²) in [7, 11) is -7.76. The molecule has 4 saturated carbocycles. The molecule has 4 bridgehead atoms. The van der Waals surface area contributed by atoms with Crippen molar-refractivity contribution in [2.75, 3.05) is 11.5 Å². The van der Waals surface area contributed by atoms with Gasteiger partial charge in [-0.2, -0.15) is 0 Å². The third kappa shape index (κ3) is 3.36. The molecule has 216 valence electrons. The number of sulfonamides is 2. The highest BCUT2D eigenvalue weighted by Gasteiger charge is 2.73. The molecule has 0 unspecified atom stereocenters. The molecule has 6 rings (SSSR count). The van der Waals surface area contributed by atoms with Crippen molar-refractivity contribution >= 4 is 43.4 Å². The molecule has 0 aromatic carbocycles. The van der Waals surface area contributed by atoms with E-state index in [-0.39, 0.29) is 22.3 Å². The lowest BCUT2D eigenvalue weighted by atomic mass is 9.69. The first-order valence-corrected chi connectivity index (χ1v) is 17.2. The lowest BCUT2D eigenvalue weighted by molar-refractivity contribution is -0.135. The summed E-state index contributed by atoms with van der Waals surface area (Å²) >= 11 is 0. The van der Waals surface area contributed by atoms with E-state index in [4.69, 9.17) is 0 Å². The lowest BCUT2D eigenvalue weighted by Crippen LogP contribution is -2.45. The van der Waals surface area contributed by atoms with Crippen molar-refractivity contribution in [3.05, 3.63) is 0 Å². The number of Topliss-reactive ketones (excluding diaryl/α,β-unsaturated/α-hetero) is 2. The average Bonchev–Trinajstić information content (AvgIpc) is 3.47. The van der Waals surface area contributed by atoms with E-state index in [2.05, 4.69) is 27.7 Å². The fourth-order valence-corrected chi connectivity index (χ4v) is 15.2. The van der Waals surface area contributed by atoms with Crippen molar-refractivity contribution in [1.29, 1.82) is 0 Å². The highest BCUT2D eigenvalue weighted by Crippen LogP contribution is 2.71. The molecule has 2 amide bonds. The van der Waals surface area contributed by atoms with E-state index in [1.54, 1.807) is 0 Å². The van der Waals surface area contributed by atoms with Gasteiger partial charge in [0, 0.05) is 10.8 Å². The topological polar surface area (TPSA) is 143 Å². The fourth-order valence-electron chi connectivity index (χ4n) is 10.1. The van der Waals surface area contributed by atoms with Crippen LogP contribution < -0.4 is 0 Å². The predicted octanol–water partition coefficient (Wildman–Crippen LogP) is 2.03. The molecular formula is C27H38N2O8S2. The minimum absolute atomic E-state index is 0.105. The van der Waals surface area contributed by atoms with E-state index >= 15 is 0 Å². The number of rotatable bonds is 6. The summed E-state index contributed by atoms with van der Waals surface area (Å²) in [5.41, 5.74) is -1.46. The van der Waals surface area contributed by atoms with Crippen LogP contribution in [0.5, 0.6) is 0 Å². The Balaban J connectivity index is 1.10. The maximum absolute atomic E-state index is 13.1. The monoisotopic (exact) mass is 582 g/mol. The van der Waals surface area contributed by atoms with Gasteiger partial charge in [0.1, 0.15) is 11.6 Å². The largest absolute Gasteiger partial charge is 0.299 e. The number of hydrogen-bond acceptors (Lipinski definition) is 8. The number of fused-ring (bicyclic) bond motifs is 2. The van der Waals surface area contributed by atoms with Gasteiger partial charge in [0.2, 0.25) is 31.9 Å². The van der Waals surface area contributed by atoms with Crippen LogP contribution in [0.2, 0.25) is 0 Å². The predicted molar refractivity (Wildman–Crippen MR) is 140 cm³/mol. The second-order valence-electron chi connectivity index (χ2n) is 14.2. The van der Waals surface area contributed by atoms with Gasteiger partial charge in [-0.3, -0.25) is 19.2 Å². The van der Waals surface area contributed by atoms with Crippen LogP contribution in [0.15, 0.2) is 0 Å². The maximum Gasteiger partial charge on any atom is 0.243 e. The molecule has 6 aliphatic rings. The van der Waals surface area contributed by atoms with Crippen LogP contribution in [0.1, 0.15) is 85.5 Å². The number of hydrogen-bond donors (Lipinski definition) is 0. The summed E-state index contributed by atoms with van der Waals surface area (Å²) in [5.74, 6) is -2.75. The number of amides is 2. The Bertz CT molecular complexity index is 1310. The van der Waals surface area contributed by atoms with Gasteiger partial charge in [0.15, 0.2) is 0 Å². The van der Waals surface area contributed by atoms with Crippen LogP contribution >= 0.6 is 0 Å². The summed E-state index contributed by atoms with van der Waals surface area (Å²) < 4.78 is 54.0. The van der Waals surface area contributed by atoms with Crippen molar-refractivity contribution in [3.63, 3.8) is 0 Å². The standard InChI is InChI=1S/C27H38N2O8S2/c1-24(2)16-5-7-26(24)14-38(34,35)28(20(26)9-16)22(32)12-18(30)11-19(31)13-23(33)29-21-10-17-6-8-27(21,25(17,3)4)15-39(29,36)37/h16-17,20-21H,5-15H2,1-4H3/t16-,17-,20-,21-,26-,27-/m1/s1. The minimum atomic E-state index is -3.88. The van der Waals surface area contributed by atoms with E-state index in [1.807, 2.05) is 0 Å². The Morgan fingerprint density at radius 2 is 1.00 bits per heavy atom. The lowest BCUT2D eigenvalue weighted by Gasteiger charge is -2.37. The molecule has 6 fully saturated rings. The van der Waals surface area contributed by atoms with Crippen molar-refractivity contribution < 1.29 is 36.0 Å². The molecule has 0 radical (unpaired) electrons. The van der Waals surface area contributed by atoms with Crippen LogP contribution in [0.25, 0.3) is 0 Å². The first kappa shape index (κ1) is 27.4. The Morgan fingerprint density at radius 1 is 0.641 bits per heavy atom. The molecule has 39 heavy (non-hydrogen) atoms. The van der Waals surface area contributed by atoms with Crippen LogP contribution in [-0.2, 0) is 39.2 Å². The highest BCUT2D eigenvalue weighted by atomic mass is 32.2. The second-order valence-corrected chi connectivity index (χ2v) is 17.9. The molecule has 2 heterocycles. The van der Waals surface area contributed by atoms with E-state index < -0.39 is 85.6 Å².